The van der Waals surface area contributed by atoms with Gasteiger partial charge in [-0.1, -0.05) is 30.3 Å². The first-order valence-electron chi connectivity index (χ1n) is 9.17. The van der Waals surface area contributed by atoms with E-state index in [0.29, 0.717) is 30.4 Å². The molecule has 29 heavy (non-hydrogen) atoms. The quantitative estimate of drug-likeness (QED) is 0.425. The monoisotopic (exact) mass is 422 g/mol. The van der Waals surface area contributed by atoms with E-state index in [1.807, 2.05) is 19.1 Å². The highest BCUT2D eigenvalue weighted by Crippen LogP contribution is 2.13. The number of nitrogens with zero attached hydrogens (tertiary/aromatic N) is 1. The molecule has 0 amide bonds. The molecule has 0 radical (unpaired) electrons. The first-order chi connectivity index (χ1) is 13.8. The molecule has 1 atom stereocenters. The smallest absolute Gasteiger partial charge is 0.215 e. The van der Waals surface area contributed by atoms with Crippen molar-refractivity contribution in [2.45, 2.75) is 25.3 Å². The number of halogens is 1. The number of rotatable bonds is 9. The van der Waals surface area contributed by atoms with E-state index in [1.165, 1.54) is 19.2 Å². The average Bonchev–Trinajstić information content (AvgIpc) is 2.69. The van der Waals surface area contributed by atoms with Crippen LogP contribution in [0.1, 0.15) is 18.1 Å². The van der Waals surface area contributed by atoms with Crippen LogP contribution >= 0.6 is 0 Å². The highest BCUT2D eigenvalue weighted by Gasteiger charge is 2.09. The van der Waals surface area contributed by atoms with Crippen LogP contribution in [-0.2, 0) is 22.3 Å². The molecule has 2 aromatic rings. The molecule has 2 rings (SSSR count). The fraction of sp³-hybridized carbons (Fsp3) is 0.350. The van der Waals surface area contributed by atoms with Crippen molar-refractivity contribution in [3.8, 4) is 5.75 Å². The zero-order valence-corrected chi connectivity index (χ0v) is 17.6. The van der Waals surface area contributed by atoms with Crippen molar-refractivity contribution in [1.82, 2.24) is 15.4 Å². The lowest BCUT2D eigenvalue weighted by Crippen LogP contribution is -2.41. The third kappa shape index (κ3) is 8.08. The Morgan fingerprint density at radius 1 is 1.14 bits per heavy atom. The lowest BCUT2D eigenvalue weighted by Gasteiger charge is -2.18. The minimum absolute atomic E-state index is 0.0519. The lowest BCUT2D eigenvalue weighted by atomic mass is 10.1. The van der Waals surface area contributed by atoms with E-state index >= 15 is 0 Å². The van der Waals surface area contributed by atoms with E-state index < -0.39 is 10.0 Å². The summed E-state index contributed by atoms with van der Waals surface area (Å²) < 4.78 is 44.4. The summed E-state index contributed by atoms with van der Waals surface area (Å²) in [7, 11) is -0.218. The molecule has 3 N–H and O–H groups in total. The number of nitrogens with one attached hydrogen (secondary N) is 3. The van der Waals surface area contributed by atoms with Crippen molar-refractivity contribution >= 4 is 16.0 Å². The number of hydrogen-bond acceptors (Lipinski definition) is 4. The minimum atomic E-state index is -3.28. The summed E-state index contributed by atoms with van der Waals surface area (Å²) in [6.45, 7) is 2.89. The van der Waals surface area contributed by atoms with Crippen molar-refractivity contribution in [3.05, 3.63) is 65.5 Å². The molecule has 0 bridgehead atoms. The Morgan fingerprint density at radius 3 is 2.45 bits per heavy atom. The van der Waals surface area contributed by atoms with Gasteiger partial charge in [0.25, 0.3) is 0 Å². The second-order valence-corrected chi connectivity index (χ2v) is 8.40. The molecular weight excluding hydrogens is 395 g/mol. The van der Waals surface area contributed by atoms with Crippen LogP contribution in [0.3, 0.4) is 0 Å². The van der Waals surface area contributed by atoms with Crippen molar-refractivity contribution in [3.63, 3.8) is 0 Å². The van der Waals surface area contributed by atoms with Crippen LogP contribution in [0.4, 0.5) is 4.39 Å². The Hall–Kier alpha value is -2.65. The van der Waals surface area contributed by atoms with E-state index in [9.17, 15) is 12.8 Å². The number of guanidine groups is 1. The van der Waals surface area contributed by atoms with Crippen LogP contribution in [-0.4, -0.2) is 41.1 Å². The Morgan fingerprint density at radius 2 is 1.83 bits per heavy atom. The molecule has 0 fully saturated rings. The third-order valence-corrected chi connectivity index (χ3v) is 5.40. The van der Waals surface area contributed by atoms with E-state index in [1.54, 1.807) is 31.3 Å². The molecule has 7 nitrogen and oxygen atoms in total. The molecule has 9 heteroatoms. The fourth-order valence-corrected chi connectivity index (χ4v) is 3.28. The second-order valence-electron chi connectivity index (χ2n) is 6.47. The molecule has 0 aromatic heterocycles. The van der Waals surface area contributed by atoms with Gasteiger partial charge in [-0.3, -0.25) is 4.99 Å². The maximum absolute atomic E-state index is 13.2. The summed E-state index contributed by atoms with van der Waals surface area (Å²) in [4.78, 5) is 4.16. The van der Waals surface area contributed by atoms with Crippen LogP contribution in [0.25, 0.3) is 0 Å². The van der Waals surface area contributed by atoms with Crippen molar-refractivity contribution in [2.24, 2.45) is 4.99 Å². The summed E-state index contributed by atoms with van der Waals surface area (Å²) >= 11 is 0. The summed E-state index contributed by atoms with van der Waals surface area (Å²) in [5.74, 6) is 0.683. The molecule has 0 saturated carbocycles. The summed E-state index contributed by atoms with van der Waals surface area (Å²) in [6, 6.07) is 13.3. The molecule has 158 valence electrons. The van der Waals surface area contributed by atoms with Gasteiger partial charge in [-0.05, 0) is 37.2 Å². The minimum Gasteiger partial charge on any atom is -0.489 e. The Labute approximate surface area is 171 Å². The normalized spacial score (nSPS) is 13.0. The van der Waals surface area contributed by atoms with E-state index in [0.717, 1.165) is 5.56 Å². The molecule has 0 aliphatic rings. The first-order valence-corrected chi connectivity index (χ1v) is 10.8. The van der Waals surface area contributed by atoms with Crippen LogP contribution < -0.4 is 20.1 Å². The maximum Gasteiger partial charge on any atom is 0.215 e. The Kier molecular flexibility index (Phi) is 8.41. The standard InChI is InChI=1S/C20H27FN4O3S/c1-15(28-19-6-4-5-18(21)11-19)12-24-20(22-2)25-13-16-7-9-17(10-8-16)14-29(26,27)23-3/h4-11,15,23H,12-14H2,1-3H3,(H2,22,24,25). The zero-order valence-electron chi connectivity index (χ0n) is 16.8. The largest absolute Gasteiger partial charge is 0.489 e. The van der Waals surface area contributed by atoms with Crippen molar-refractivity contribution < 1.29 is 17.5 Å². The number of sulfonamides is 1. The van der Waals surface area contributed by atoms with Gasteiger partial charge in [-0.2, -0.15) is 0 Å². The number of aliphatic imine (C=N–C) groups is 1. The van der Waals surface area contributed by atoms with Crippen molar-refractivity contribution in [2.75, 3.05) is 20.6 Å². The SMILES string of the molecule is CN=C(NCc1ccc(CS(=O)(=O)NC)cc1)NCC(C)Oc1cccc(F)c1. The highest BCUT2D eigenvalue weighted by molar-refractivity contribution is 7.88. The maximum atomic E-state index is 13.2. The van der Waals surface area contributed by atoms with Gasteiger partial charge in [0.2, 0.25) is 10.0 Å². The van der Waals surface area contributed by atoms with Gasteiger partial charge in [0.1, 0.15) is 17.7 Å². The molecule has 0 aliphatic carbocycles. The Bertz CT molecular complexity index is 918. The van der Waals surface area contributed by atoms with Gasteiger partial charge < -0.3 is 15.4 Å². The van der Waals surface area contributed by atoms with Gasteiger partial charge in [0.05, 0.1) is 12.3 Å². The molecule has 2 aromatic carbocycles. The number of hydrogen-bond donors (Lipinski definition) is 3. The highest BCUT2D eigenvalue weighted by atomic mass is 32.2. The molecule has 0 heterocycles. The topological polar surface area (TPSA) is 91.8 Å². The van der Waals surface area contributed by atoms with Crippen molar-refractivity contribution in [1.29, 1.82) is 0 Å². The number of benzene rings is 2. The molecular formula is C20H27FN4O3S. The van der Waals surface area contributed by atoms with Gasteiger partial charge in [-0.25, -0.2) is 17.5 Å². The van der Waals surface area contributed by atoms with Crippen LogP contribution in [0.2, 0.25) is 0 Å². The van der Waals surface area contributed by atoms with Gasteiger partial charge >= 0.3 is 0 Å². The predicted molar refractivity (Wildman–Crippen MR) is 113 cm³/mol. The van der Waals surface area contributed by atoms with E-state index in [2.05, 4.69) is 20.3 Å². The van der Waals surface area contributed by atoms with Crippen LogP contribution in [0, 0.1) is 5.82 Å². The molecule has 0 aliphatic heterocycles. The molecule has 0 saturated heterocycles. The van der Waals surface area contributed by atoms with Crippen LogP contribution in [0.5, 0.6) is 5.75 Å². The van der Waals surface area contributed by atoms with E-state index in [-0.39, 0.29) is 17.7 Å². The zero-order chi connectivity index (χ0) is 21.3. The average molecular weight is 423 g/mol. The second kappa shape index (κ2) is 10.8. The summed E-state index contributed by atoms with van der Waals surface area (Å²) in [5, 5.41) is 6.34. The fourth-order valence-electron chi connectivity index (χ4n) is 2.51. The van der Waals surface area contributed by atoms with Gasteiger partial charge in [-0.15, -0.1) is 0 Å². The van der Waals surface area contributed by atoms with Gasteiger partial charge in [0, 0.05) is 19.7 Å². The van der Waals surface area contributed by atoms with Crippen LogP contribution in [0.15, 0.2) is 53.5 Å². The molecule has 0 spiro atoms. The Balaban J connectivity index is 1.79. The van der Waals surface area contributed by atoms with Gasteiger partial charge in [0.15, 0.2) is 5.96 Å². The third-order valence-electron chi connectivity index (χ3n) is 4.06. The summed E-state index contributed by atoms with van der Waals surface area (Å²) in [6.07, 6.45) is -0.191. The van der Waals surface area contributed by atoms with E-state index in [4.69, 9.17) is 4.74 Å². The predicted octanol–water partition coefficient (Wildman–Crippen LogP) is 2.01. The number of ether oxygens (including phenoxy) is 1. The first kappa shape index (κ1) is 22.6. The summed E-state index contributed by atoms with van der Waals surface area (Å²) in [5.41, 5.74) is 1.71. The lowest BCUT2D eigenvalue weighted by molar-refractivity contribution is 0.223. The molecule has 1 unspecified atom stereocenters.